The van der Waals surface area contributed by atoms with Crippen LogP contribution in [0.4, 0.5) is 17.3 Å². The molecule has 0 bridgehead atoms. The predicted octanol–water partition coefficient (Wildman–Crippen LogP) is 0.747. The average Bonchev–Trinajstić information content (AvgIpc) is 2.38. The molecule has 1 aromatic rings. The van der Waals surface area contributed by atoms with Crippen LogP contribution in [0.5, 0.6) is 0 Å². The molecule has 1 saturated heterocycles. The van der Waals surface area contributed by atoms with Crippen LogP contribution in [0, 0.1) is 16.0 Å². The molecule has 0 spiro atoms. The number of pyridine rings is 1. The summed E-state index contributed by atoms with van der Waals surface area (Å²) in [6.45, 7) is 2.38. The van der Waals surface area contributed by atoms with Gasteiger partial charge in [0, 0.05) is 19.2 Å². The first-order chi connectivity index (χ1) is 8.61. The Kier molecular flexibility index (Phi) is 3.61. The van der Waals surface area contributed by atoms with E-state index < -0.39 is 4.92 Å². The Hall–Kier alpha value is -1.89. The van der Waals surface area contributed by atoms with Gasteiger partial charge in [-0.25, -0.2) is 4.98 Å². The van der Waals surface area contributed by atoms with Crippen molar-refractivity contribution in [1.82, 2.24) is 4.98 Å². The van der Waals surface area contributed by atoms with Gasteiger partial charge in [-0.15, -0.1) is 0 Å². The van der Waals surface area contributed by atoms with Crippen LogP contribution in [0.1, 0.15) is 12.8 Å². The highest BCUT2D eigenvalue weighted by Crippen LogP contribution is 2.26. The predicted molar refractivity (Wildman–Crippen MR) is 69.3 cm³/mol. The van der Waals surface area contributed by atoms with Crippen LogP contribution in [-0.2, 0) is 0 Å². The number of hydrogen-bond donors (Lipinski definition) is 2. The van der Waals surface area contributed by atoms with Gasteiger partial charge in [-0.05, 0) is 31.4 Å². The van der Waals surface area contributed by atoms with Crippen LogP contribution in [0.15, 0.2) is 12.1 Å². The number of nitro groups is 1. The maximum atomic E-state index is 10.7. The van der Waals surface area contributed by atoms with Gasteiger partial charge in [-0.2, -0.15) is 0 Å². The first-order valence-electron chi connectivity index (χ1n) is 5.97. The first kappa shape index (κ1) is 12.6. The lowest BCUT2D eigenvalue weighted by Crippen LogP contribution is -2.38. The molecule has 0 radical (unpaired) electrons. The Bertz CT molecular complexity index is 451. The zero-order chi connectivity index (χ0) is 13.1. The number of nitrogens with zero attached hydrogens (tertiary/aromatic N) is 3. The number of rotatable bonds is 3. The summed E-state index contributed by atoms with van der Waals surface area (Å²) in [5.41, 5.74) is 11.1. The third-order valence-corrected chi connectivity index (χ3v) is 3.26. The van der Waals surface area contributed by atoms with Crippen molar-refractivity contribution in [3.63, 3.8) is 0 Å². The van der Waals surface area contributed by atoms with Crippen molar-refractivity contribution in [2.24, 2.45) is 11.7 Å². The van der Waals surface area contributed by atoms with Gasteiger partial charge in [0.05, 0.1) is 4.92 Å². The maximum Gasteiger partial charge on any atom is 0.311 e. The van der Waals surface area contributed by atoms with Gasteiger partial charge in [-0.1, -0.05) is 0 Å². The Morgan fingerprint density at radius 1 is 1.56 bits per heavy atom. The van der Waals surface area contributed by atoms with E-state index in [2.05, 4.69) is 9.88 Å². The van der Waals surface area contributed by atoms with Gasteiger partial charge in [0.2, 0.25) is 5.82 Å². The van der Waals surface area contributed by atoms with Crippen molar-refractivity contribution in [2.45, 2.75) is 12.8 Å². The standard InChI is InChI=1S/C11H17N5O2/c12-6-8-2-1-5-15(7-8)10-4-3-9(16(17)18)11(13)14-10/h3-4,8H,1-2,5-7,12H2,(H2,13,14). The molecular formula is C11H17N5O2. The second-order valence-corrected chi connectivity index (χ2v) is 4.52. The molecule has 2 heterocycles. The third kappa shape index (κ3) is 2.51. The maximum absolute atomic E-state index is 10.7. The van der Waals surface area contributed by atoms with Gasteiger partial charge < -0.3 is 16.4 Å². The molecule has 0 amide bonds. The molecule has 18 heavy (non-hydrogen) atoms. The second-order valence-electron chi connectivity index (χ2n) is 4.52. The zero-order valence-electron chi connectivity index (χ0n) is 10.1. The molecule has 1 atom stereocenters. The van der Waals surface area contributed by atoms with Gasteiger partial charge in [-0.3, -0.25) is 10.1 Å². The summed E-state index contributed by atoms with van der Waals surface area (Å²) in [5, 5.41) is 10.7. The molecule has 7 heteroatoms. The largest absolute Gasteiger partial charge is 0.378 e. The van der Waals surface area contributed by atoms with Crippen LogP contribution in [0.2, 0.25) is 0 Å². The van der Waals surface area contributed by atoms with Crippen molar-refractivity contribution in [3.05, 3.63) is 22.2 Å². The van der Waals surface area contributed by atoms with Gasteiger partial charge in [0.25, 0.3) is 0 Å². The smallest absolute Gasteiger partial charge is 0.311 e. The van der Waals surface area contributed by atoms with Crippen LogP contribution in [-0.4, -0.2) is 29.5 Å². The molecule has 1 aromatic heterocycles. The lowest BCUT2D eigenvalue weighted by Gasteiger charge is -2.33. The molecule has 1 unspecified atom stereocenters. The van der Waals surface area contributed by atoms with Crippen molar-refractivity contribution in [2.75, 3.05) is 30.3 Å². The number of piperidine rings is 1. The zero-order valence-corrected chi connectivity index (χ0v) is 10.1. The molecule has 2 rings (SSSR count). The fourth-order valence-corrected chi connectivity index (χ4v) is 2.25. The fraction of sp³-hybridized carbons (Fsp3) is 0.545. The topological polar surface area (TPSA) is 111 Å². The van der Waals surface area contributed by atoms with E-state index in [0.717, 1.165) is 25.9 Å². The van der Waals surface area contributed by atoms with Gasteiger partial charge in [0.15, 0.2) is 0 Å². The number of anilines is 2. The Morgan fingerprint density at radius 3 is 2.94 bits per heavy atom. The van der Waals surface area contributed by atoms with Crippen LogP contribution < -0.4 is 16.4 Å². The lowest BCUT2D eigenvalue weighted by atomic mass is 9.98. The molecule has 0 saturated carbocycles. The average molecular weight is 251 g/mol. The summed E-state index contributed by atoms with van der Waals surface area (Å²) in [6, 6.07) is 3.05. The molecule has 0 aromatic carbocycles. The summed E-state index contributed by atoms with van der Waals surface area (Å²) in [4.78, 5) is 16.3. The SMILES string of the molecule is NCC1CCCN(c2ccc([N+](=O)[O-])c(N)n2)C1. The highest BCUT2D eigenvalue weighted by atomic mass is 16.6. The summed E-state index contributed by atoms with van der Waals surface area (Å²) < 4.78 is 0. The van der Waals surface area contributed by atoms with Crippen molar-refractivity contribution in [3.8, 4) is 0 Å². The van der Waals surface area contributed by atoms with E-state index in [-0.39, 0.29) is 11.5 Å². The molecule has 7 nitrogen and oxygen atoms in total. The highest BCUT2D eigenvalue weighted by molar-refractivity contribution is 5.58. The number of aromatic nitrogens is 1. The number of hydrogen-bond acceptors (Lipinski definition) is 6. The van der Waals surface area contributed by atoms with E-state index in [0.29, 0.717) is 18.3 Å². The van der Waals surface area contributed by atoms with Crippen LogP contribution in [0.3, 0.4) is 0 Å². The van der Waals surface area contributed by atoms with Gasteiger partial charge >= 0.3 is 5.69 Å². The van der Waals surface area contributed by atoms with Gasteiger partial charge in [0.1, 0.15) is 5.82 Å². The molecule has 1 aliphatic heterocycles. The third-order valence-electron chi connectivity index (χ3n) is 3.26. The summed E-state index contributed by atoms with van der Waals surface area (Å²) >= 11 is 0. The van der Waals surface area contributed by atoms with E-state index in [1.54, 1.807) is 6.07 Å². The molecule has 0 aliphatic carbocycles. The second kappa shape index (κ2) is 5.18. The Morgan fingerprint density at radius 2 is 2.33 bits per heavy atom. The summed E-state index contributed by atoms with van der Waals surface area (Å²) in [7, 11) is 0. The quantitative estimate of drug-likeness (QED) is 0.605. The van der Waals surface area contributed by atoms with Crippen LogP contribution >= 0.6 is 0 Å². The van der Waals surface area contributed by atoms with E-state index in [1.807, 2.05) is 0 Å². The normalized spacial score (nSPS) is 19.8. The Balaban J connectivity index is 2.18. The fourth-order valence-electron chi connectivity index (χ4n) is 2.25. The molecule has 4 N–H and O–H groups in total. The van der Waals surface area contributed by atoms with Crippen LogP contribution in [0.25, 0.3) is 0 Å². The monoisotopic (exact) mass is 251 g/mol. The highest BCUT2D eigenvalue weighted by Gasteiger charge is 2.21. The van der Waals surface area contributed by atoms with E-state index in [9.17, 15) is 10.1 Å². The lowest BCUT2D eigenvalue weighted by molar-refractivity contribution is -0.384. The minimum atomic E-state index is -0.523. The first-order valence-corrected chi connectivity index (χ1v) is 5.97. The summed E-state index contributed by atoms with van der Waals surface area (Å²) in [6.07, 6.45) is 2.18. The molecular weight excluding hydrogens is 234 g/mol. The van der Waals surface area contributed by atoms with Crippen molar-refractivity contribution < 1.29 is 4.92 Å². The molecule has 98 valence electrons. The van der Waals surface area contributed by atoms with E-state index in [1.165, 1.54) is 6.07 Å². The van der Waals surface area contributed by atoms with Crippen molar-refractivity contribution >= 4 is 17.3 Å². The number of nitrogens with two attached hydrogens (primary N) is 2. The number of nitrogen functional groups attached to an aromatic ring is 1. The molecule has 1 aliphatic rings. The van der Waals surface area contributed by atoms with Crippen molar-refractivity contribution in [1.29, 1.82) is 0 Å². The molecule has 1 fully saturated rings. The minimum absolute atomic E-state index is 0.0348. The summed E-state index contributed by atoms with van der Waals surface area (Å²) in [5.74, 6) is 1.11. The van der Waals surface area contributed by atoms with E-state index >= 15 is 0 Å². The minimum Gasteiger partial charge on any atom is -0.378 e. The van der Waals surface area contributed by atoms with E-state index in [4.69, 9.17) is 11.5 Å². The Labute approximate surface area is 105 Å².